The molecule has 1 fully saturated rings. The van der Waals surface area contributed by atoms with E-state index in [0.29, 0.717) is 5.92 Å². The maximum Gasteiger partial charge on any atom is 0.226 e. The molecule has 1 aromatic rings. The Morgan fingerprint density at radius 3 is 2.70 bits per heavy atom. The molecule has 110 valence electrons. The molecule has 1 aliphatic heterocycles. The van der Waals surface area contributed by atoms with Gasteiger partial charge in [-0.25, -0.2) is 0 Å². The van der Waals surface area contributed by atoms with E-state index in [0.717, 1.165) is 30.2 Å². The van der Waals surface area contributed by atoms with Gasteiger partial charge in [0.25, 0.3) is 0 Å². The number of halogens is 1. The van der Waals surface area contributed by atoms with Crippen molar-refractivity contribution in [3.63, 3.8) is 0 Å². The number of benzene rings is 1. The summed E-state index contributed by atoms with van der Waals surface area (Å²) in [7, 11) is 0. The predicted molar refractivity (Wildman–Crippen MR) is 82.8 cm³/mol. The summed E-state index contributed by atoms with van der Waals surface area (Å²) in [6.45, 7) is 8.55. The van der Waals surface area contributed by atoms with Crippen LogP contribution in [0.15, 0.2) is 24.3 Å². The fourth-order valence-corrected chi connectivity index (χ4v) is 2.80. The summed E-state index contributed by atoms with van der Waals surface area (Å²) in [4.78, 5) is 14.7. The van der Waals surface area contributed by atoms with Gasteiger partial charge in [-0.15, -0.1) is 0 Å². The second-order valence-electron chi connectivity index (χ2n) is 5.81. The molecular weight excluding hydrogens is 272 g/mol. The minimum absolute atomic E-state index is 0.0335. The third-order valence-electron chi connectivity index (χ3n) is 4.18. The molecule has 0 aliphatic carbocycles. The first kappa shape index (κ1) is 15.3. The Balaban J connectivity index is 2.26. The van der Waals surface area contributed by atoms with Crippen molar-refractivity contribution in [2.75, 3.05) is 19.6 Å². The van der Waals surface area contributed by atoms with Gasteiger partial charge in [0.15, 0.2) is 0 Å². The van der Waals surface area contributed by atoms with Crippen molar-refractivity contribution in [3.8, 4) is 0 Å². The van der Waals surface area contributed by atoms with Crippen LogP contribution < -0.4 is 5.32 Å². The van der Waals surface area contributed by atoms with E-state index >= 15 is 0 Å². The second-order valence-corrected chi connectivity index (χ2v) is 6.21. The molecule has 2 unspecified atom stereocenters. The second kappa shape index (κ2) is 6.59. The molecule has 0 radical (unpaired) electrons. The highest BCUT2D eigenvalue weighted by Crippen LogP contribution is 2.30. The van der Waals surface area contributed by atoms with Gasteiger partial charge < -0.3 is 10.2 Å². The number of nitrogens with one attached hydrogen (secondary N) is 1. The van der Waals surface area contributed by atoms with Crippen LogP contribution in [0, 0.1) is 11.8 Å². The highest BCUT2D eigenvalue weighted by Gasteiger charge is 2.32. The van der Waals surface area contributed by atoms with Crippen molar-refractivity contribution >= 4 is 17.5 Å². The van der Waals surface area contributed by atoms with Crippen LogP contribution in [0.4, 0.5) is 0 Å². The molecule has 0 bridgehead atoms. The predicted octanol–water partition coefficient (Wildman–Crippen LogP) is 3.11. The summed E-state index contributed by atoms with van der Waals surface area (Å²) in [6, 6.07) is 7.83. The SMILES string of the molecule is CC(C)C(C)C(=O)N1CCNCC1c1ccccc1Cl. The van der Waals surface area contributed by atoms with E-state index in [2.05, 4.69) is 19.2 Å². The van der Waals surface area contributed by atoms with Crippen LogP contribution in [0.5, 0.6) is 0 Å². The summed E-state index contributed by atoms with van der Waals surface area (Å²) >= 11 is 6.30. The lowest BCUT2D eigenvalue weighted by molar-refractivity contribution is -0.139. The van der Waals surface area contributed by atoms with Gasteiger partial charge in [0.05, 0.1) is 6.04 Å². The summed E-state index contributed by atoms with van der Waals surface area (Å²) in [5.74, 6) is 0.619. The summed E-state index contributed by atoms with van der Waals surface area (Å²) in [5, 5.41) is 4.09. The number of rotatable bonds is 3. The van der Waals surface area contributed by atoms with Gasteiger partial charge in [-0.2, -0.15) is 0 Å². The number of hydrogen-bond acceptors (Lipinski definition) is 2. The third-order valence-corrected chi connectivity index (χ3v) is 4.52. The molecule has 2 atom stereocenters. The molecule has 1 N–H and O–H groups in total. The number of piperazine rings is 1. The number of amides is 1. The van der Waals surface area contributed by atoms with Gasteiger partial charge in [0.2, 0.25) is 5.91 Å². The molecule has 2 rings (SSSR count). The monoisotopic (exact) mass is 294 g/mol. The fourth-order valence-electron chi connectivity index (χ4n) is 2.54. The van der Waals surface area contributed by atoms with Gasteiger partial charge in [-0.1, -0.05) is 50.6 Å². The van der Waals surface area contributed by atoms with E-state index in [4.69, 9.17) is 11.6 Å². The Hall–Kier alpha value is -1.06. The first-order valence-corrected chi connectivity index (χ1v) is 7.65. The van der Waals surface area contributed by atoms with Crippen molar-refractivity contribution in [1.29, 1.82) is 0 Å². The van der Waals surface area contributed by atoms with E-state index in [1.807, 2.05) is 36.1 Å². The van der Waals surface area contributed by atoms with Gasteiger partial charge in [0, 0.05) is 30.6 Å². The van der Waals surface area contributed by atoms with Crippen molar-refractivity contribution in [1.82, 2.24) is 10.2 Å². The number of carbonyl (C=O) groups is 1. The molecule has 0 spiro atoms. The Kier molecular flexibility index (Phi) is 5.06. The molecule has 1 aliphatic rings. The van der Waals surface area contributed by atoms with Crippen LogP contribution in [-0.4, -0.2) is 30.4 Å². The highest BCUT2D eigenvalue weighted by atomic mass is 35.5. The molecule has 1 heterocycles. The minimum atomic E-state index is 0.0335. The quantitative estimate of drug-likeness (QED) is 0.929. The summed E-state index contributed by atoms with van der Waals surface area (Å²) in [5.41, 5.74) is 1.03. The van der Waals surface area contributed by atoms with Crippen LogP contribution in [0.25, 0.3) is 0 Å². The number of hydrogen-bond donors (Lipinski definition) is 1. The lowest BCUT2D eigenvalue weighted by Crippen LogP contribution is -2.50. The van der Waals surface area contributed by atoms with E-state index in [-0.39, 0.29) is 17.9 Å². The Labute approximate surface area is 126 Å². The molecule has 1 saturated heterocycles. The van der Waals surface area contributed by atoms with Crippen LogP contribution in [0.1, 0.15) is 32.4 Å². The number of nitrogens with zero attached hydrogens (tertiary/aromatic N) is 1. The first-order valence-electron chi connectivity index (χ1n) is 7.28. The fraction of sp³-hybridized carbons (Fsp3) is 0.562. The van der Waals surface area contributed by atoms with Gasteiger partial charge in [-0.3, -0.25) is 4.79 Å². The maximum atomic E-state index is 12.7. The number of carbonyl (C=O) groups excluding carboxylic acids is 1. The molecule has 4 heteroatoms. The van der Waals surface area contributed by atoms with E-state index < -0.39 is 0 Å². The lowest BCUT2D eigenvalue weighted by atomic mass is 9.94. The van der Waals surface area contributed by atoms with Crippen molar-refractivity contribution in [2.45, 2.75) is 26.8 Å². The molecule has 1 aromatic carbocycles. The molecule has 20 heavy (non-hydrogen) atoms. The average molecular weight is 295 g/mol. The summed E-state index contributed by atoms with van der Waals surface area (Å²) in [6.07, 6.45) is 0. The van der Waals surface area contributed by atoms with E-state index in [1.165, 1.54) is 0 Å². The average Bonchev–Trinajstić information content (AvgIpc) is 2.46. The van der Waals surface area contributed by atoms with Gasteiger partial charge >= 0.3 is 0 Å². The first-order chi connectivity index (χ1) is 9.52. The molecular formula is C16H23ClN2O. The standard InChI is InChI=1S/C16H23ClN2O/c1-11(2)12(3)16(20)19-9-8-18-10-15(19)13-6-4-5-7-14(13)17/h4-7,11-12,15,18H,8-10H2,1-3H3. The van der Waals surface area contributed by atoms with Crippen molar-refractivity contribution < 1.29 is 4.79 Å². The zero-order chi connectivity index (χ0) is 14.7. The summed E-state index contributed by atoms with van der Waals surface area (Å²) < 4.78 is 0. The smallest absolute Gasteiger partial charge is 0.226 e. The zero-order valence-corrected chi connectivity index (χ0v) is 13.2. The molecule has 0 aromatic heterocycles. The topological polar surface area (TPSA) is 32.3 Å². The van der Waals surface area contributed by atoms with E-state index in [9.17, 15) is 4.79 Å². The van der Waals surface area contributed by atoms with Crippen molar-refractivity contribution in [3.05, 3.63) is 34.9 Å². The van der Waals surface area contributed by atoms with Crippen LogP contribution in [0.3, 0.4) is 0 Å². The van der Waals surface area contributed by atoms with Crippen molar-refractivity contribution in [2.24, 2.45) is 11.8 Å². The molecule has 1 amide bonds. The minimum Gasteiger partial charge on any atom is -0.333 e. The normalized spacial score (nSPS) is 21.1. The Morgan fingerprint density at radius 1 is 1.35 bits per heavy atom. The van der Waals surface area contributed by atoms with Crippen LogP contribution in [0.2, 0.25) is 5.02 Å². The van der Waals surface area contributed by atoms with Gasteiger partial charge in [0.1, 0.15) is 0 Å². The van der Waals surface area contributed by atoms with Crippen LogP contribution in [-0.2, 0) is 4.79 Å². The molecule has 0 saturated carbocycles. The van der Waals surface area contributed by atoms with Gasteiger partial charge in [-0.05, 0) is 17.5 Å². The third kappa shape index (κ3) is 3.15. The Bertz CT molecular complexity index is 475. The van der Waals surface area contributed by atoms with E-state index in [1.54, 1.807) is 0 Å². The zero-order valence-electron chi connectivity index (χ0n) is 12.4. The maximum absolute atomic E-state index is 12.7. The lowest BCUT2D eigenvalue weighted by Gasteiger charge is -2.39. The van der Waals surface area contributed by atoms with Crippen LogP contribution >= 0.6 is 11.6 Å². The Morgan fingerprint density at radius 2 is 2.05 bits per heavy atom. The largest absolute Gasteiger partial charge is 0.333 e. The molecule has 3 nitrogen and oxygen atoms in total. The highest BCUT2D eigenvalue weighted by molar-refractivity contribution is 6.31.